The van der Waals surface area contributed by atoms with Crippen LogP contribution in [0.4, 0.5) is 0 Å². The van der Waals surface area contributed by atoms with E-state index in [0.29, 0.717) is 51.3 Å². The van der Waals surface area contributed by atoms with E-state index in [9.17, 15) is 0 Å². The summed E-state index contributed by atoms with van der Waals surface area (Å²) in [5.74, 6) is 0. The van der Waals surface area contributed by atoms with Crippen molar-refractivity contribution in [2.45, 2.75) is 140 Å². The van der Waals surface area contributed by atoms with E-state index in [1.54, 1.807) is 21.3 Å². The number of hydrogen-bond donors (Lipinski definition) is 0. The summed E-state index contributed by atoms with van der Waals surface area (Å²) in [6.45, 7) is 32.1. The molecule has 0 aromatic carbocycles. The van der Waals surface area contributed by atoms with Crippen LogP contribution in [0.3, 0.4) is 0 Å². The molecule has 0 saturated carbocycles. The van der Waals surface area contributed by atoms with Crippen molar-refractivity contribution in [1.29, 1.82) is 0 Å². The van der Waals surface area contributed by atoms with Crippen LogP contribution in [0.2, 0.25) is 108 Å². The first-order valence-corrected chi connectivity index (χ1v) is 53.5. The molecule has 10 unspecified atom stereocenters. The molecular weight excluding hydrogens is 1120 g/mol. The first-order chi connectivity index (χ1) is 32.6. The molecule has 34 heteroatoms. The summed E-state index contributed by atoms with van der Waals surface area (Å²) in [6, 6.07) is 3.24. The fourth-order valence-corrected chi connectivity index (χ4v) is 58.8. The van der Waals surface area contributed by atoms with Crippen molar-refractivity contribution in [2.75, 3.05) is 87.4 Å². The van der Waals surface area contributed by atoms with Crippen LogP contribution in [0.5, 0.6) is 0 Å². The highest BCUT2D eigenvalue weighted by molar-refractivity contribution is 6.87. The van der Waals surface area contributed by atoms with Gasteiger partial charge in [-0.3, -0.25) is 0 Å². The lowest BCUT2D eigenvalue weighted by atomic mass is 10.4. The molecule has 0 bridgehead atoms. The van der Waals surface area contributed by atoms with Gasteiger partial charge in [-0.15, -0.1) is 0 Å². The van der Waals surface area contributed by atoms with E-state index in [0.717, 1.165) is 70.4 Å². The van der Waals surface area contributed by atoms with Crippen molar-refractivity contribution in [3.8, 4) is 0 Å². The van der Waals surface area contributed by atoms with Gasteiger partial charge >= 0.3 is 43.0 Å². The Morgan fingerprint density at radius 2 is 0.841 bits per heavy atom. The van der Waals surface area contributed by atoms with Crippen molar-refractivity contribution >= 4 is 117 Å². The van der Waals surface area contributed by atoms with Gasteiger partial charge in [0.2, 0.25) is 0 Å². The summed E-state index contributed by atoms with van der Waals surface area (Å²) in [4.78, 5) is 0. The monoisotopic (exact) mass is 1210 g/mol. The highest BCUT2D eigenvalue weighted by atomic mass is 28.5. The third-order valence-electron chi connectivity index (χ3n) is 11.8. The summed E-state index contributed by atoms with van der Waals surface area (Å²) in [5, 5.41) is 0. The van der Waals surface area contributed by atoms with Gasteiger partial charge in [0.1, 0.15) is 12.2 Å². The maximum Gasteiger partial charge on any atom is 0.500 e. The predicted molar refractivity (Wildman–Crippen MR) is 290 cm³/mol. The Hall–Kier alpha value is 1.98. The predicted octanol–water partition coefficient (Wildman–Crippen LogP) is 2.59. The zero-order valence-corrected chi connectivity index (χ0v) is 58.7. The van der Waals surface area contributed by atoms with E-state index in [1.165, 1.54) is 0 Å². The van der Waals surface area contributed by atoms with Crippen LogP contribution in [0.25, 0.3) is 0 Å². The SMILES string of the molecule is CO[Si](CC[Si]1(C)O[SiH](C)O[SiH](C)O[SiH](C)O1)(OC)OC.C[SiH]1O[SiH](C)O[Si](C)(C2COCCCOC2)O[Si](C)(CCCOCC2CO2)O1.C[SiH]1O[SiH](C)O[Si](C)(CCCOCC2CO2)O[SiH](C)O1. The molecule has 6 aliphatic heterocycles. The number of epoxide rings is 2. The standard InChI is InChI=1S/C16H36O8Si4.C10H26O6Si4.C9H28O7Si5/c1-25-21-26(2)23-28(4,16-13-18-7-5-8-19-14-16)24-27(3,22-25)10-6-9-17-11-15-12-20-15;1-17-13-18(2)15-20(4,16-19(3)14-17)7-5-6-11-8-10-9-12-10;1-10-21(11-2,12-3)9-8-20(7)15-18(5)13-17(4)14-19(6)16-20/h15-16,25-26H,5-14H2,1-4H3;10,17-19H,5-9H2,1-4H3;17-19H,8-9H2,1-7H3. The Morgan fingerprint density at radius 1 is 0.478 bits per heavy atom. The van der Waals surface area contributed by atoms with Gasteiger partial charge in [-0.25, -0.2) is 0 Å². The van der Waals surface area contributed by atoms with Crippen molar-refractivity contribution < 1.29 is 91.1 Å². The molecule has 0 aromatic rings. The van der Waals surface area contributed by atoms with E-state index in [1.807, 2.05) is 19.6 Å². The minimum atomic E-state index is -2.60. The third-order valence-corrected chi connectivity index (χ3v) is 59.1. The Labute approximate surface area is 433 Å². The molecule has 6 fully saturated rings. The minimum absolute atomic E-state index is 0.125. The fourth-order valence-electron chi connectivity index (χ4n) is 8.47. The van der Waals surface area contributed by atoms with Gasteiger partial charge in [-0.05, 0) is 116 Å². The Kier molecular flexibility index (Phi) is 28.9. The minimum Gasteiger partial charge on any atom is -0.420 e. The van der Waals surface area contributed by atoms with Crippen LogP contribution in [0.15, 0.2) is 0 Å². The lowest BCUT2D eigenvalue weighted by Gasteiger charge is -2.45. The molecule has 69 heavy (non-hydrogen) atoms. The van der Waals surface area contributed by atoms with E-state index >= 15 is 0 Å². The molecule has 0 amide bonds. The summed E-state index contributed by atoms with van der Waals surface area (Å²) in [6.07, 6.45) is 3.45. The molecule has 0 spiro atoms. The smallest absolute Gasteiger partial charge is 0.420 e. The normalized spacial score (nSPS) is 39.5. The largest absolute Gasteiger partial charge is 0.500 e. The van der Waals surface area contributed by atoms with E-state index in [4.69, 9.17) is 91.1 Å². The Balaban J connectivity index is 0.000000230. The van der Waals surface area contributed by atoms with Gasteiger partial charge in [-0.2, -0.15) is 0 Å². The van der Waals surface area contributed by atoms with E-state index in [2.05, 4.69) is 58.9 Å². The van der Waals surface area contributed by atoms with E-state index < -0.39 is 117 Å². The molecule has 0 radical (unpaired) electrons. The van der Waals surface area contributed by atoms with Crippen LogP contribution >= 0.6 is 0 Å². The summed E-state index contributed by atoms with van der Waals surface area (Å²) in [7, 11) is -20.6. The lowest BCUT2D eigenvalue weighted by molar-refractivity contribution is 0.0275. The first-order valence-electron chi connectivity index (χ1n) is 24.9. The zero-order valence-electron chi connectivity index (χ0n) is 44.4. The molecular formula is C35H90O21Si13. The summed E-state index contributed by atoms with van der Waals surface area (Å²) >= 11 is 0. The fraction of sp³-hybridized carbons (Fsp3) is 1.00. The van der Waals surface area contributed by atoms with Crippen molar-refractivity contribution in [2.24, 2.45) is 0 Å². The molecule has 408 valence electrons. The number of rotatable bonds is 19. The average molecular weight is 1210 g/mol. The van der Waals surface area contributed by atoms with Gasteiger partial charge in [-0.1, -0.05) is 0 Å². The molecule has 0 aliphatic carbocycles. The van der Waals surface area contributed by atoms with Gasteiger partial charge in [0, 0.05) is 59.3 Å². The van der Waals surface area contributed by atoms with Crippen molar-refractivity contribution in [3.05, 3.63) is 0 Å². The molecule has 6 saturated heterocycles. The third kappa shape index (κ3) is 24.9. The second-order valence-corrected chi connectivity index (χ2v) is 54.0. The van der Waals surface area contributed by atoms with Crippen LogP contribution in [0.1, 0.15) is 19.3 Å². The topological polar surface area (TPSA) is 200 Å². The molecule has 6 heterocycles. The second-order valence-electron chi connectivity index (χ2n) is 18.7. The Morgan fingerprint density at radius 3 is 1.25 bits per heavy atom. The number of ether oxygens (including phenoxy) is 6. The highest BCUT2D eigenvalue weighted by Gasteiger charge is 2.52. The first kappa shape index (κ1) is 63.5. The quantitative estimate of drug-likeness (QED) is 0.104. The summed E-state index contributed by atoms with van der Waals surface area (Å²) < 4.78 is 124. The van der Waals surface area contributed by atoms with Crippen LogP contribution in [-0.2, 0) is 91.1 Å². The second kappa shape index (κ2) is 31.4. The average Bonchev–Trinajstić information content (AvgIpc) is 4.17. The van der Waals surface area contributed by atoms with Crippen LogP contribution < -0.4 is 0 Å². The lowest BCUT2D eigenvalue weighted by Crippen LogP contribution is -2.62. The summed E-state index contributed by atoms with van der Waals surface area (Å²) in [5.41, 5.74) is 0.125. The van der Waals surface area contributed by atoms with E-state index in [-0.39, 0.29) is 5.54 Å². The van der Waals surface area contributed by atoms with Crippen molar-refractivity contribution in [1.82, 2.24) is 0 Å². The van der Waals surface area contributed by atoms with Gasteiger partial charge in [0.05, 0.1) is 39.6 Å². The maximum absolute atomic E-state index is 6.87. The van der Waals surface area contributed by atoms with Gasteiger partial charge in [0.15, 0.2) is 0 Å². The molecule has 21 nitrogen and oxygen atoms in total. The van der Waals surface area contributed by atoms with Gasteiger partial charge in [0.25, 0.3) is 74.3 Å². The Bertz CT molecular complexity index is 1380. The zero-order chi connectivity index (χ0) is 50.7. The highest BCUT2D eigenvalue weighted by Crippen LogP contribution is 2.35. The van der Waals surface area contributed by atoms with Gasteiger partial charge < -0.3 is 91.1 Å². The maximum atomic E-state index is 6.87. The molecule has 0 aromatic heterocycles. The van der Waals surface area contributed by atoms with Crippen LogP contribution in [0, 0.1) is 0 Å². The molecule has 6 aliphatic rings. The van der Waals surface area contributed by atoms with Crippen LogP contribution in [-0.4, -0.2) is 217 Å². The number of hydrogen-bond acceptors (Lipinski definition) is 21. The molecule has 6 rings (SSSR count). The molecule has 0 N–H and O–H groups in total. The molecule has 10 atom stereocenters. The van der Waals surface area contributed by atoms with Crippen molar-refractivity contribution in [3.63, 3.8) is 0 Å².